The fourth-order valence-corrected chi connectivity index (χ4v) is 1.67. The summed E-state index contributed by atoms with van der Waals surface area (Å²) >= 11 is 0. The Kier molecular flexibility index (Phi) is 5.51. The maximum Gasteiger partial charge on any atom is 0.285 e. The van der Waals surface area contributed by atoms with Gasteiger partial charge in [-0.1, -0.05) is 6.92 Å². The van der Waals surface area contributed by atoms with Crippen molar-refractivity contribution in [2.45, 2.75) is 25.8 Å². The van der Waals surface area contributed by atoms with Crippen molar-refractivity contribution < 1.29 is 23.6 Å². The SMILES string of the molecule is CCC(CCO)NC(=O)c1cc(F)c(F)cc1[N+](=O)[O-]. The Bertz CT molecular complexity index is 522. The molecule has 1 aromatic rings. The second-order valence-electron chi connectivity index (χ2n) is 4.13. The molecule has 0 heterocycles. The van der Waals surface area contributed by atoms with Crippen molar-refractivity contribution in [1.29, 1.82) is 0 Å². The van der Waals surface area contributed by atoms with Gasteiger partial charge >= 0.3 is 0 Å². The Hall–Kier alpha value is -2.09. The van der Waals surface area contributed by atoms with E-state index in [2.05, 4.69) is 5.32 Å². The molecule has 8 heteroatoms. The van der Waals surface area contributed by atoms with E-state index in [-0.39, 0.29) is 13.0 Å². The molecule has 0 aliphatic carbocycles. The topological polar surface area (TPSA) is 92.5 Å². The summed E-state index contributed by atoms with van der Waals surface area (Å²) in [6.07, 6.45) is 0.753. The van der Waals surface area contributed by atoms with Crippen LogP contribution in [0.1, 0.15) is 30.1 Å². The standard InChI is InChI=1S/C12H14F2N2O4/c1-2-7(3-4-17)15-12(18)8-5-9(13)10(14)6-11(8)16(19)20/h5-7,17H,2-4H2,1H3,(H,15,18). The number of aliphatic hydroxyl groups is 1. The van der Waals surface area contributed by atoms with E-state index in [1.807, 2.05) is 0 Å². The number of hydrogen-bond donors (Lipinski definition) is 2. The largest absolute Gasteiger partial charge is 0.396 e. The number of halogens is 2. The lowest BCUT2D eigenvalue weighted by Gasteiger charge is -2.15. The third-order valence-corrected chi connectivity index (χ3v) is 2.79. The van der Waals surface area contributed by atoms with Crippen molar-refractivity contribution >= 4 is 11.6 Å². The maximum absolute atomic E-state index is 13.1. The highest BCUT2D eigenvalue weighted by Gasteiger charge is 2.25. The number of rotatable bonds is 6. The van der Waals surface area contributed by atoms with Crippen molar-refractivity contribution in [2.75, 3.05) is 6.61 Å². The minimum atomic E-state index is -1.39. The molecule has 110 valence electrons. The van der Waals surface area contributed by atoms with E-state index in [9.17, 15) is 23.7 Å². The van der Waals surface area contributed by atoms with Crippen molar-refractivity contribution in [3.8, 4) is 0 Å². The number of nitro benzene ring substituents is 1. The van der Waals surface area contributed by atoms with Gasteiger partial charge in [0.05, 0.1) is 11.0 Å². The Morgan fingerprint density at radius 2 is 2.05 bits per heavy atom. The molecule has 1 atom stereocenters. The average Bonchev–Trinajstić information content (AvgIpc) is 2.40. The molecule has 0 spiro atoms. The van der Waals surface area contributed by atoms with E-state index in [1.54, 1.807) is 6.92 Å². The van der Waals surface area contributed by atoms with Crippen molar-refractivity contribution in [3.05, 3.63) is 39.4 Å². The van der Waals surface area contributed by atoms with Crippen molar-refractivity contribution in [3.63, 3.8) is 0 Å². The molecule has 0 saturated carbocycles. The van der Waals surface area contributed by atoms with Gasteiger partial charge in [0.2, 0.25) is 0 Å². The van der Waals surface area contributed by atoms with Crippen LogP contribution >= 0.6 is 0 Å². The number of amides is 1. The van der Waals surface area contributed by atoms with Crippen LogP contribution in [0.3, 0.4) is 0 Å². The molecule has 1 amide bonds. The van der Waals surface area contributed by atoms with Gasteiger partial charge in [-0.15, -0.1) is 0 Å². The van der Waals surface area contributed by atoms with E-state index >= 15 is 0 Å². The summed E-state index contributed by atoms with van der Waals surface area (Å²) in [5, 5.41) is 22.0. The van der Waals surface area contributed by atoms with E-state index in [0.29, 0.717) is 18.6 Å². The summed E-state index contributed by atoms with van der Waals surface area (Å²) in [4.78, 5) is 21.7. The Labute approximate surface area is 113 Å². The van der Waals surface area contributed by atoms with Crippen molar-refractivity contribution in [2.24, 2.45) is 0 Å². The highest BCUT2D eigenvalue weighted by atomic mass is 19.2. The van der Waals surface area contributed by atoms with Crippen LogP contribution in [0.4, 0.5) is 14.5 Å². The molecule has 0 aliphatic rings. The molecule has 1 rings (SSSR count). The predicted molar refractivity (Wildman–Crippen MR) is 66.3 cm³/mol. The molecular weight excluding hydrogens is 274 g/mol. The molecule has 6 nitrogen and oxygen atoms in total. The number of nitrogens with one attached hydrogen (secondary N) is 1. The number of carbonyl (C=O) groups excluding carboxylic acids is 1. The minimum Gasteiger partial charge on any atom is -0.396 e. The number of hydrogen-bond acceptors (Lipinski definition) is 4. The maximum atomic E-state index is 13.1. The highest BCUT2D eigenvalue weighted by molar-refractivity contribution is 5.98. The highest BCUT2D eigenvalue weighted by Crippen LogP contribution is 2.22. The van der Waals surface area contributed by atoms with Gasteiger partial charge in [0.25, 0.3) is 11.6 Å². The number of benzene rings is 1. The van der Waals surface area contributed by atoms with Gasteiger partial charge in [-0.2, -0.15) is 0 Å². The van der Waals surface area contributed by atoms with Crippen molar-refractivity contribution in [1.82, 2.24) is 5.32 Å². The van der Waals surface area contributed by atoms with Gasteiger partial charge in [0.15, 0.2) is 11.6 Å². The van der Waals surface area contributed by atoms with Crippen LogP contribution in [-0.4, -0.2) is 28.6 Å². The number of aliphatic hydroxyl groups excluding tert-OH is 1. The van der Waals surface area contributed by atoms with Gasteiger partial charge in [-0.25, -0.2) is 8.78 Å². The number of nitro groups is 1. The summed E-state index contributed by atoms with van der Waals surface area (Å²) < 4.78 is 26.1. The second-order valence-corrected chi connectivity index (χ2v) is 4.13. The predicted octanol–water partition coefficient (Wildman–Crippen LogP) is 1.76. The summed E-state index contributed by atoms with van der Waals surface area (Å²) in [6, 6.07) is 0.464. The molecule has 1 aromatic carbocycles. The Balaban J connectivity index is 3.08. The molecule has 0 aromatic heterocycles. The van der Waals surface area contributed by atoms with E-state index in [0.717, 1.165) is 0 Å². The van der Waals surface area contributed by atoms with Crippen LogP contribution in [0.15, 0.2) is 12.1 Å². The first-order chi connectivity index (χ1) is 9.40. The minimum absolute atomic E-state index is 0.168. The summed E-state index contributed by atoms with van der Waals surface area (Å²) in [7, 11) is 0. The third kappa shape index (κ3) is 3.70. The molecule has 0 bridgehead atoms. The molecule has 20 heavy (non-hydrogen) atoms. The molecular formula is C12H14F2N2O4. The summed E-state index contributed by atoms with van der Waals surface area (Å²) in [5.41, 5.74) is -1.36. The lowest BCUT2D eigenvalue weighted by molar-refractivity contribution is -0.385. The van der Waals surface area contributed by atoms with Gasteiger partial charge in [0, 0.05) is 12.6 Å². The smallest absolute Gasteiger partial charge is 0.285 e. The lowest BCUT2D eigenvalue weighted by Crippen LogP contribution is -2.35. The monoisotopic (exact) mass is 288 g/mol. The van der Waals surface area contributed by atoms with Crippen LogP contribution < -0.4 is 5.32 Å². The van der Waals surface area contributed by atoms with Crippen LogP contribution in [-0.2, 0) is 0 Å². The zero-order valence-electron chi connectivity index (χ0n) is 10.7. The van der Waals surface area contributed by atoms with Gasteiger partial charge in [0.1, 0.15) is 5.56 Å². The van der Waals surface area contributed by atoms with Crippen LogP contribution in [0.25, 0.3) is 0 Å². The molecule has 2 N–H and O–H groups in total. The molecule has 0 fully saturated rings. The quantitative estimate of drug-likeness (QED) is 0.616. The fourth-order valence-electron chi connectivity index (χ4n) is 1.67. The van der Waals surface area contributed by atoms with Crippen LogP contribution in [0.2, 0.25) is 0 Å². The van der Waals surface area contributed by atoms with Gasteiger partial charge in [-0.05, 0) is 18.9 Å². The zero-order valence-corrected chi connectivity index (χ0v) is 10.7. The normalized spacial score (nSPS) is 12.0. The Morgan fingerprint density at radius 3 is 2.55 bits per heavy atom. The zero-order chi connectivity index (χ0) is 15.3. The van der Waals surface area contributed by atoms with Crippen LogP contribution in [0.5, 0.6) is 0 Å². The number of nitrogens with zero attached hydrogens (tertiary/aromatic N) is 1. The van der Waals surface area contributed by atoms with Gasteiger partial charge in [-0.3, -0.25) is 14.9 Å². The van der Waals surface area contributed by atoms with E-state index < -0.39 is 39.8 Å². The molecule has 0 saturated heterocycles. The summed E-state index contributed by atoms with van der Waals surface area (Å²) in [6.45, 7) is 1.58. The third-order valence-electron chi connectivity index (χ3n) is 2.79. The van der Waals surface area contributed by atoms with Gasteiger partial charge < -0.3 is 10.4 Å². The molecule has 1 unspecified atom stereocenters. The fraction of sp³-hybridized carbons (Fsp3) is 0.417. The first-order valence-electron chi connectivity index (χ1n) is 5.95. The summed E-state index contributed by atoms with van der Waals surface area (Å²) in [5.74, 6) is -3.61. The first-order valence-corrected chi connectivity index (χ1v) is 5.95. The number of carbonyl (C=O) groups is 1. The first kappa shape index (κ1) is 16.0. The van der Waals surface area contributed by atoms with E-state index in [1.165, 1.54) is 0 Å². The average molecular weight is 288 g/mol. The molecule has 0 radical (unpaired) electrons. The molecule has 0 aliphatic heterocycles. The van der Waals surface area contributed by atoms with Crippen LogP contribution in [0, 0.1) is 21.7 Å². The Morgan fingerprint density at radius 1 is 1.45 bits per heavy atom. The lowest BCUT2D eigenvalue weighted by atomic mass is 10.1. The second kappa shape index (κ2) is 6.90. The van der Waals surface area contributed by atoms with E-state index in [4.69, 9.17) is 5.11 Å².